The normalized spacial score (nSPS) is 21.5. The van der Waals surface area contributed by atoms with Crippen molar-refractivity contribution in [2.75, 3.05) is 19.6 Å². The van der Waals surface area contributed by atoms with E-state index in [1.165, 1.54) is 4.90 Å². The number of carbonyl (C=O) groups is 2. The van der Waals surface area contributed by atoms with Gasteiger partial charge in [-0.25, -0.2) is 0 Å². The Morgan fingerprint density at radius 2 is 1.38 bits per heavy atom. The number of carbonyl (C=O) groups excluding carboxylic acids is 2. The minimum absolute atomic E-state index is 0.0183. The molecule has 0 aliphatic carbocycles. The van der Waals surface area contributed by atoms with Crippen LogP contribution in [0.5, 0.6) is 0 Å². The third-order valence-corrected chi connectivity index (χ3v) is 11.1. The van der Waals surface area contributed by atoms with E-state index in [1.54, 1.807) is 24.3 Å². The Labute approximate surface area is 314 Å². The molecule has 3 aliphatic rings. The summed E-state index contributed by atoms with van der Waals surface area (Å²) < 4.78 is 13.3. The Hall–Kier alpha value is -4.67. The number of fused-ring (bicyclic) bond motifs is 1. The van der Waals surface area contributed by atoms with Gasteiger partial charge in [-0.3, -0.25) is 14.5 Å². The summed E-state index contributed by atoms with van der Waals surface area (Å²) in [6.07, 6.45) is 0.992. The molecule has 3 unspecified atom stereocenters. The third-order valence-electron chi connectivity index (χ3n) is 10.8. The summed E-state index contributed by atoms with van der Waals surface area (Å²) in [6, 6.07) is 38.4. The lowest BCUT2D eigenvalue weighted by atomic mass is 9.84. The van der Waals surface area contributed by atoms with Crippen molar-refractivity contribution in [1.82, 2.24) is 9.80 Å². The minimum Gasteiger partial charge on any atom is -0.392 e. The number of amides is 2. The molecule has 2 fully saturated rings. The van der Waals surface area contributed by atoms with Crippen LogP contribution in [0.15, 0.2) is 121 Å². The third kappa shape index (κ3) is 7.44. The van der Waals surface area contributed by atoms with Crippen LogP contribution in [0.1, 0.15) is 80.2 Å². The fourth-order valence-corrected chi connectivity index (χ4v) is 7.85. The van der Waals surface area contributed by atoms with Crippen LogP contribution in [0.2, 0.25) is 5.02 Å². The second-order valence-electron chi connectivity index (χ2n) is 14.3. The molecule has 8 rings (SSSR count). The molecule has 53 heavy (non-hydrogen) atoms. The van der Waals surface area contributed by atoms with Crippen molar-refractivity contribution in [3.05, 3.63) is 165 Å². The first-order chi connectivity index (χ1) is 25.8. The number of nitrogens with zero attached hydrogens (tertiary/aromatic N) is 2. The van der Waals surface area contributed by atoms with Crippen LogP contribution >= 0.6 is 11.6 Å². The summed E-state index contributed by atoms with van der Waals surface area (Å²) in [6.45, 7) is 2.36. The lowest BCUT2D eigenvalue weighted by Crippen LogP contribution is -2.46. The van der Waals surface area contributed by atoms with Gasteiger partial charge in [0.15, 0.2) is 6.29 Å². The van der Waals surface area contributed by atoms with Crippen LogP contribution in [-0.2, 0) is 28.2 Å². The van der Waals surface area contributed by atoms with E-state index >= 15 is 0 Å². The van der Waals surface area contributed by atoms with Gasteiger partial charge in [0.2, 0.25) is 0 Å². The van der Waals surface area contributed by atoms with Gasteiger partial charge in [0.25, 0.3) is 11.8 Å². The number of hydrogen-bond acceptors (Lipinski definition) is 7. The number of imide groups is 1. The summed E-state index contributed by atoms with van der Waals surface area (Å²) in [5.41, 5.74) is 6.50. The van der Waals surface area contributed by atoms with Crippen LogP contribution < -0.4 is 0 Å². The molecule has 0 bridgehead atoms. The van der Waals surface area contributed by atoms with Crippen LogP contribution in [0.3, 0.4) is 0 Å². The SMILES string of the molecule is O=C1c2ccccc2C(=O)N1Cc1cccc(-c2ccc(C3OC(CN4CCC(O)(c5ccc(Cl)cc5)CC4)CC(c4ccc(CO)cc4)O3)cc2)c1. The molecule has 2 N–H and O–H groups in total. The second-order valence-corrected chi connectivity index (χ2v) is 14.7. The van der Waals surface area contributed by atoms with Gasteiger partial charge in [-0.1, -0.05) is 103 Å². The molecule has 5 aromatic rings. The van der Waals surface area contributed by atoms with E-state index in [2.05, 4.69) is 4.90 Å². The topological polar surface area (TPSA) is 99.5 Å². The molecule has 5 aromatic carbocycles. The van der Waals surface area contributed by atoms with Gasteiger partial charge in [-0.15, -0.1) is 0 Å². The van der Waals surface area contributed by atoms with Crippen LogP contribution in [-0.4, -0.2) is 57.6 Å². The number of hydrogen-bond donors (Lipinski definition) is 2. The first-order valence-corrected chi connectivity index (χ1v) is 18.5. The molecule has 270 valence electrons. The molecule has 3 aliphatic heterocycles. The fraction of sp³-hybridized carbons (Fsp3) is 0.273. The Balaban J connectivity index is 0.969. The standard InChI is InChI=1S/C44H41ClN2O6/c45-36-18-16-35(17-19-36)44(51)20-22-46(23-21-44)27-37-25-40(32-10-8-29(28-48)9-11-32)53-43(52-37)33-14-12-31(13-15-33)34-5-3-4-30(24-34)26-47-41(49)38-6-1-2-7-39(38)42(47)50/h1-19,24,37,40,43,48,51H,20-23,25-28H2. The molecule has 3 atom stereocenters. The van der Waals surface area contributed by atoms with Gasteiger partial charge in [-0.2, -0.15) is 0 Å². The molecule has 0 radical (unpaired) electrons. The lowest BCUT2D eigenvalue weighted by molar-refractivity contribution is -0.253. The Morgan fingerprint density at radius 1 is 0.717 bits per heavy atom. The fourth-order valence-electron chi connectivity index (χ4n) is 7.72. The van der Waals surface area contributed by atoms with Crippen molar-refractivity contribution in [3.63, 3.8) is 0 Å². The minimum atomic E-state index is -0.882. The van der Waals surface area contributed by atoms with Crippen molar-refractivity contribution in [2.24, 2.45) is 0 Å². The highest BCUT2D eigenvalue weighted by atomic mass is 35.5. The van der Waals surface area contributed by atoms with Crippen molar-refractivity contribution in [1.29, 1.82) is 0 Å². The number of rotatable bonds is 9. The van der Waals surface area contributed by atoms with Gasteiger partial charge in [0.1, 0.15) is 0 Å². The molecule has 8 nitrogen and oxygen atoms in total. The van der Waals surface area contributed by atoms with Gasteiger partial charge in [0.05, 0.1) is 42.1 Å². The molecule has 9 heteroatoms. The summed E-state index contributed by atoms with van der Waals surface area (Å²) in [4.78, 5) is 29.6. The van der Waals surface area contributed by atoms with E-state index in [0.717, 1.165) is 52.0 Å². The van der Waals surface area contributed by atoms with E-state index in [1.807, 2.05) is 97.1 Å². The lowest BCUT2D eigenvalue weighted by Gasteiger charge is -2.42. The molecular weight excluding hydrogens is 688 g/mol. The van der Waals surface area contributed by atoms with Gasteiger partial charge in [-0.05, 0) is 76.6 Å². The Bertz CT molecular complexity index is 2060. The zero-order chi connectivity index (χ0) is 36.5. The predicted molar refractivity (Wildman–Crippen MR) is 202 cm³/mol. The molecular formula is C44H41ClN2O6. The zero-order valence-electron chi connectivity index (χ0n) is 29.2. The maximum atomic E-state index is 13.0. The smallest absolute Gasteiger partial charge is 0.261 e. The number of ether oxygens (including phenoxy) is 2. The number of piperidine rings is 1. The van der Waals surface area contributed by atoms with Gasteiger partial charge >= 0.3 is 0 Å². The monoisotopic (exact) mass is 728 g/mol. The highest BCUT2D eigenvalue weighted by molar-refractivity contribution is 6.30. The van der Waals surface area contributed by atoms with Gasteiger partial charge < -0.3 is 24.6 Å². The second kappa shape index (κ2) is 15.0. The highest BCUT2D eigenvalue weighted by Gasteiger charge is 2.38. The molecule has 0 spiro atoms. The van der Waals surface area contributed by atoms with Crippen molar-refractivity contribution >= 4 is 23.4 Å². The van der Waals surface area contributed by atoms with E-state index in [0.29, 0.717) is 42.0 Å². The maximum Gasteiger partial charge on any atom is 0.261 e. The largest absolute Gasteiger partial charge is 0.392 e. The first-order valence-electron chi connectivity index (χ1n) is 18.1. The van der Waals surface area contributed by atoms with Gasteiger partial charge in [0, 0.05) is 36.6 Å². The van der Waals surface area contributed by atoms with E-state index < -0.39 is 11.9 Å². The summed E-state index contributed by atoms with van der Waals surface area (Å²) >= 11 is 6.10. The quantitative estimate of drug-likeness (QED) is 0.149. The molecule has 0 saturated carbocycles. The average Bonchev–Trinajstić information content (AvgIpc) is 3.44. The van der Waals surface area contributed by atoms with Crippen LogP contribution in [0, 0.1) is 0 Å². The maximum absolute atomic E-state index is 13.0. The number of aliphatic hydroxyl groups excluding tert-OH is 1. The Morgan fingerprint density at radius 3 is 2.04 bits per heavy atom. The number of aliphatic hydroxyl groups is 2. The first kappa shape index (κ1) is 35.4. The number of benzene rings is 5. The number of likely N-dealkylation sites (tertiary alicyclic amines) is 1. The van der Waals surface area contributed by atoms with E-state index in [4.69, 9.17) is 21.1 Å². The average molecular weight is 729 g/mol. The zero-order valence-corrected chi connectivity index (χ0v) is 30.0. The van der Waals surface area contributed by atoms with Crippen molar-refractivity contribution in [2.45, 2.75) is 56.5 Å². The molecule has 3 heterocycles. The van der Waals surface area contributed by atoms with E-state index in [-0.39, 0.29) is 37.2 Å². The predicted octanol–water partition coefficient (Wildman–Crippen LogP) is 7.82. The Kier molecular flexibility index (Phi) is 10.0. The molecule has 2 saturated heterocycles. The van der Waals surface area contributed by atoms with E-state index in [9.17, 15) is 19.8 Å². The van der Waals surface area contributed by atoms with Crippen LogP contribution in [0.4, 0.5) is 0 Å². The number of halogens is 1. The molecule has 0 aromatic heterocycles. The van der Waals surface area contributed by atoms with Crippen LogP contribution in [0.25, 0.3) is 11.1 Å². The summed E-state index contributed by atoms with van der Waals surface area (Å²) in [5, 5.41) is 21.7. The van der Waals surface area contributed by atoms with Crippen molar-refractivity contribution in [3.8, 4) is 11.1 Å². The van der Waals surface area contributed by atoms with Crippen molar-refractivity contribution < 1.29 is 29.3 Å². The summed E-state index contributed by atoms with van der Waals surface area (Å²) in [5.74, 6) is -0.540. The molecule has 2 amide bonds. The summed E-state index contributed by atoms with van der Waals surface area (Å²) in [7, 11) is 0. The highest BCUT2D eigenvalue weighted by Crippen LogP contribution is 2.40.